The summed E-state index contributed by atoms with van der Waals surface area (Å²) in [7, 11) is 1.65. The summed E-state index contributed by atoms with van der Waals surface area (Å²) >= 11 is 0. The molecular weight excluding hydrogens is 316 g/mol. The average molecular weight is 342 g/mol. The number of carbonyl (C=O) groups is 1. The maximum absolute atomic E-state index is 12.1. The third-order valence-corrected chi connectivity index (χ3v) is 4.56. The molecule has 1 fully saturated rings. The molecule has 0 radical (unpaired) electrons. The van der Waals surface area contributed by atoms with E-state index >= 15 is 0 Å². The Labute approximate surface area is 148 Å². The molecule has 25 heavy (non-hydrogen) atoms. The molecule has 2 heterocycles. The molecule has 1 saturated heterocycles. The minimum Gasteiger partial charge on any atom is -0.497 e. The summed E-state index contributed by atoms with van der Waals surface area (Å²) in [6.45, 7) is 4.18. The first-order chi connectivity index (χ1) is 12.2. The Balaban J connectivity index is 1.46. The number of hydrogen-bond donors (Lipinski definition) is 1. The smallest absolute Gasteiger partial charge is 0.241 e. The second kappa shape index (κ2) is 8.67. The number of benzene rings is 1. The highest BCUT2D eigenvalue weighted by molar-refractivity contribution is 5.75. The Kier molecular flexibility index (Phi) is 6.06. The van der Waals surface area contributed by atoms with Gasteiger partial charge in [-0.15, -0.1) is 0 Å². The van der Waals surface area contributed by atoms with Gasteiger partial charge in [0, 0.05) is 24.8 Å². The number of hydrogen-bond acceptors (Lipinski definition) is 4. The van der Waals surface area contributed by atoms with Crippen LogP contribution in [0.3, 0.4) is 0 Å². The second-order valence-corrected chi connectivity index (χ2v) is 6.41. The van der Waals surface area contributed by atoms with Gasteiger partial charge in [0.05, 0.1) is 13.3 Å². The Bertz CT molecular complexity index is 675. The molecule has 1 aliphatic heterocycles. The molecule has 0 spiro atoms. The number of rotatable bonds is 7. The summed E-state index contributed by atoms with van der Waals surface area (Å²) in [5, 5.41) is 7.27. The first-order valence-corrected chi connectivity index (χ1v) is 8.90. The van der Waals surface area contributed by atoms with Crippen LogP contribution < -0.4 is 10.1 Å². The topological polar surface area (TPSA) is 59.4 Å². The fraction of sp³-hybridized carbons (Fsp3) is 0.474. The first-order valence-electron chi connectivity index (χ1n) is 8.90. The van der Waals surface area contributed by atoms with Gasteiger partial charge < -0.3 is 15.0 Å². The lowest BCUT2D eigenvalue weighted by molar-refractivity contribution is -0.121. The van der Waals surface area contributed by atoms with Crippen molar-refractivity contribution in [2.24, 2.45) is 0 Å². The number of ether oxygens (including phenoxy) is 1. The summed E-state index contributed by atoms with van der Waals surface area (Å²) in [6, 6.07) is 7.80. The number of nitrogens with zero attached hydrogens (tertiary/aromatic N) is 3. The van der Waals surface area contributed by atoms with Gasteiger partial charge in [0.15, 0.2) is 0 Å². The summed E-state index contributed by atoms with van der Waals surface area (Å²) in [5.74, 6) is 0.825. The lowest BCUT2D eigenvalue weighted by Gasteiger charge is -2.26. The van der Waals surface area contributed by atoms with Gasteiger partial charge in [-0.1, -0.05) is 18.6 Å². The molecule has 1 aromatic heterocycles. The van der Waals surface area contributed by atoms with Crippen LogP contribution in [0.5, 0.6) is 5.75 Å². The van der Waals surface area contributed by atoms with Crippen LogP contribution in [0.2, 0.25) is 0 Å². The molecule has 0 bridgehead atoms. The summed E-state index contributed by atoms with van der Waals surface area (Å²) in [4.78, 5) is 14.5. The fourth-order valence-corrected chi connectivity index (χ4v) is 3.12. The van der Waals surface area contributed by atoms with Crippen molar-refractivity contribution in [3.8, 4) is 16.9 Å². The van der Waals surface area contributed by atoms with E-state index in [4.69, 9.17) is 4.74 Å². The third-order valence-electron chi connectivity index (χ3n) is 4.56. The molecule has 134 valence electrons. The zero-order valence-electron chi connectivity index (χ0n) is 14.8. The standard InChI is InChI=1S/C19H26N4O2/c1-25-18-7-5-16(6-8-18)17-13-21-23(14-17)15-19(24)20-9-12-22-10-3-2-4-11-22/h5-8,13-14H,2-4,9-12,15H2,1H3,(H,20,24). The van der Waals surface area contributed by atoms with Gasteiger partial charge in [-0.3, -0.25) is 9.48 Å². The van der Waals surface area contributed by atoms with E-state index in [1.165, 1.54) is 19.3 Å². The molecule has 1 amide bonds. The highest BCUT2D eigenvalue weighted by Gasteiger charge is 2.10. The largest absolute Gasteiger partial charge is 0.497 e. The van der Waals surface area contributed by atoms with E-state index in [0.29, 0.717) is 6.54 Å². The van der Waals surface area contributed by atoms with E-state index in [1.54, 1.807) is 18.0 Å². The van der Waals surface area contributed by atoms with E-state index in [2.05, 4.69) is 15.3 Å². The van der Waals surface area contributed by atoms with Crippen LogP contribution in [-0.4, -0.2) is 53.9 Å². The second-order valence-electron chi connectivity index (χ2n) is 6.41. The molecule has 0 unspecified atom stereocenters. The summed E-state index contributed by atoms with van der Waals surface area (Å²) in [5.41, 5.74) is 2.04. The number of piperidine rings is 1. The molecule has 1 aliphatic rings. The van der Waals surface area contributed by atoms with Crippen molar-refractivity contribution < 1.29 is 9.53 Å². The Morgan fingerprint density at radius 2 is 1.92 bits per heavy atom. The van der Waals surface area contributed by atoms with Crippen molar-refractivity contribution in [1.82, 2.24) is 20.0 Å². The normalized spacial score (nSPS) is 15.1. The lowest BCUT2D eigenvalue weighted by Crippen LogP contribution is -2.38. The minimum absolute atomic E-state index is 0.00129. The van der Waals surface area contributed by atoms with E-state index in [9.17, 15) is 4.79 Å². The molecule has 6 nitrogen and oxygen atoms in total. The summed E-state index contributed by atoms with van der Waals surface area (Å²) < 4.78 is 6.84. The minimum atomic E-state index is 0.00129. The molecule has 6 heteroatoms. The summed E-state index contributed by atoms with van der Waals surface area (Å²) in [6.07, 6.45) is 7.55. The van der Waals surface area contributed by atoms with E-state index in [1.807, 2.05) is 30.5 Å². The van der Waals surface area contributed by atoms with Crippen LogP contribution in [0, 0.1) is 0 Å². The van der Waals surface area contributed by atoms with Gasteiger partial charge in [-0.2, -0.15) is 5.10 Å². The number of methoxy groups -OCH3 is 1. The Morgan fingerprint density at radius 1 is 1.16 bits per heavy atom. The number of amides is 1. The van der Waals surface area contributed by atoms with Gasteiger partial charge in [0.2, 0.25) is 5.91 Å². The predicted molar refractivity (Wildman–Crippen MR) is 97.5 cm³/mol. The highest BCUT2D eigenvalue weighted by atomic mass is 16.5. The van der Waals surface area contributed by atoms with Crippen LogP contribution in [0.4, 0.5) is 0 Å². The van der Waals surface area contributed by atoms with Crippen LogP contribution in [0.1, 0.15) is 19.3 Å². The molecule has 3 rings (SSSR count). The zero-order valence-corrected chi connectivity index (χ0v) is 14.8. The predicted octanol–water partition coefficient (Wildman–Crippen LogP) is 2.16. The highest BCUT2D eigenvalue weighted by Crippen LogP contribution is 2.21. The molecule has 0 aliphatic carbocycles. The Morgan fingerprint density at radius 3 is 2.64 bits per heavy atom. The van der Waals surface area contributed by atoms with Crippen molar-refractivity contribution in [1.29, 1.82) is 0 Å². The lowest BCUT2D eigenvalue weighted by atomic mass is 10.1. The van der Waals surface area contributed by atoms with E-state index in [-0.39, 0.29) is 12.5 Å². The van der Waals surface area contributed by atoms with Crippen molar-refractivity contribution in [2.75, 3.05) is 33.3 Å². The molecule has 0 atom stereocenters. The van der Waals surface area contributed by atoms with E-state index in [0.717, 1.165) is 36.5 Å². The monoisotopic (exact) mass is 342 g/mol. The van der Waals surface area contributed by atoms with Gasteiger partial charge >= 0.3 is 0 Å². The van der Waals surface area contributed by atoms with Crippen LogP contribution in [0.25, 0.3) is 11.1 Å². The molecule has 1 N–H and O–H groups in total. The van der Waals surface area contributed by atoms with Gasteiger partial charge in [0.25, 0.3) is 0 Å². The van der Waals surface area contributed by atoms with Gasteiger partial charge in [-0.25, -0.2) is 0 Å². The Hall–Kier alpha value is -2.34. The fourth-order valence-electron chi connectivity index (χ4n) is 3.12. The average Bonchev–Trinajstić information content (AvgIpc) is 3.11. The van der Waals surface area contributed by atoms with Crippen molar-refractivity contribution in [3.63, 3.8) is 0 Å². The number of nitrogens with one attached hydrogen (secondary N) is 1. The van der Waals surface area contributed by atoms with Crippen LogP contribution in [0.15, 0.2) is 36.7 Å². The van der Waals surface area contributed by atoms with Crippen molar-refractivity contribution in [2.45, 2.75) is 25.8 Å². The zero-order chi connectivity index (χ0) is 17.5. The van der Waals surface area contributed by atoms with Crippen LogP contribution >= 0.6 is 0 Å². The van der Waals surface area contributed by atoms with E-state index < -0.39 is 0 Å². The third kappa shape index (κ3) is 5.06. The number of likely N-dealkylation sites (tertiary alicyclic amines) is 1. The van der Waals surface area contributed by atoms with Crippen molar-refractivity contribution >= 4 is 5.91 Å². The molecule has 1 aromatic carbocycles. The van der Waals surface area contributed by atoms with Gasteiger partial charge in [-0.05, 0) is 43.6 Å². The first kappa shape index (κ1) is 17.5. The van der Waals surface area contributed by atoms with Crippen LogP contribution in [-0.2, 0) is 11.3 Å². The van der Waals surface area contributed by atoms with Gasteiger partial charge in [0.1, 0.15) is 12.3 Å². The molecule has 0 saturated carbocycles. The molecular formula is C19H26N4O2. The maximum atomic E-state index is 12.1. The molecule has 2 aromatic rings. The number of aromatic nitrogens is 2. The maximum Gasteiger partial charge on any atom is 0.241 e. The number of carbonyl (C=O) groups excluding carboxylic acids is 1. The van der Waals surface area contributed by atoms with Crippen molar-refractivity contribution in [3.05, 3.63) is 36.7 Å². The SMILES string of the molecule is COc1ccc(-c2cnn(CC(=O)NCCN3CCCCC3)c2)cc1. The quantitative estimate of drug-likeness (QED) is 0.838.